The van der Waals surface area contributed by atoms with Crippen LogP contribution in [0, 0.1) is 6.92 Å². The van der Waals surface area contributed by atoms with Crippen molar-refractivity contribution in [3.8, 4) is 23.0 Å². The number of benzene rings is 3. The molecule has 5 rings (SSSR count). The van der Waals surface area contributed by atoms with Crippen molar-refractivity contribution in [1.29, 1.82) is 0 Å². The predicted octanol–water partition coefficient (Wildman–Crippen LogP) is -11.7. The smallest absolute Gasteiger partial charge is 0.259 e. The molecule has 0 aromatic heterocycles. The average molecular weight is 447 g/mol. The Morgan fingerprint density at radius 1 is 0.486 bits per heavy atom. The minimum Gasteiger partial charge on any atom is -0.460 e. The highest BCUT2D eigenvalue weighted by molar-refractivity contribution is 7.03. The third kappa shape index (κ3) is 3.10. The summed E-state index contributed by atoms with van der Waals surface area (Å²) in [6.07, 6.45) is 0. The van der Waals surface area contributed by atoms with Crippen LogP contribution in [0.2, 0.25) is 0 Å². The maximum atomic E-state index is 6.91. The highest BCUT2D eigenvalue weighted by Gasteiger charge is 2.45. The summed E-state index contributed by atoms with van der Waals surface area (Å²) in [6.45, 7) is 9.28. The Bertz CT molecular complexity index is 1440. The fourth-order valence-electron chi connectivity index (χ4n) is 6.83. The molecule has 0 N–H and O–H groups in total. The van der Waals surface area contributed by atoms with Crippen LogP contribution >= 0.6 is 0 Å². The van der Waals surface area contributed by atoms with E-state index in [1.807, 2.05) is 0 Å². The Balaban J connectivity index is 2.03. The molecule has 0 atom stereocenters. The van der Waals surface area contributed by atoms with Crippen molar-refractivity contribution in [2.45, 2.75) is 33.1 Å². The highest BCUT2D eigenvalue weighted by atomic mass is 16.5. The van der Waals surface area contributed by atoms with Crippen LogP contribution in [-0.2, 0) is 5.41 Å². The number of fused-ring (bicyclic) bond motifs is 4. The molecule has 0 spiro atoms. The number of rotatable bonds is 0. The van der Waals surface area contributed by atoms with E-state index in [0.717, 1.165) is 23.0 Å². The quantitative estimate of drug-likeness (QED) is 0.220. The number of ether oxygens (including phenoxy) is 2. The Labute approximate surface area is 219 Å². The van der Waals surface area contributed by atoms with Crippen LogP contribution in [0.15, 0.2) is 0 Å². The van der Waals surface area contributed by atoms with Crippen molar-refractivity contribution < 1.29 is 9.47 Å². The fourth-order valence-corrected chi connectivity index (χ4v) is 6.83. The molecule has 2 heterocycles. The summed E-state index contributed by atoms with van der Waals surface area (Å²) in [5.41, 5.74) is 18.3. The Morgan fingerprint density at radius 3 is 1.37 bits per heavy atom. The lowest BCUT2D eigenvalue weighted by Crippen LogP contribution is -2.71. The minimum absolute atomic E-state index is 0.0400. The van der Waals surface area contributed by atoms with Crippen LogP contribution in [0.4, 0.5) is 0 Å². The zero-order chi connectivity index (χ0) is 25.9. The molecule has 0 radical (unpaired) electrons. The van der Waals surface area contributed by atoms with Crippen LogP contribution in [0.25, 0.3) is 0 Å². The largest absolute Gasteiger partial charge is 0.460 e. The lowest BCUT2D eigenvalue weighted by molar-refractivity contribution is 0.473. The van der Waals surface area contributed by atoms with E-state index in [-0.39, 0.29) is 12.1 Å². The van der Waals surface area contributed by atoms with Crippen molar-refractivity contribution in [3.63, 3.8) is 0 Å². The van der Waals surface area contributed by atoms with Gasteiger partial charge >= 0.3 is 0 Å². The maximum absolute atomic E-state index is 6.91. The second-order valence-electron chi connectivity index (χ2n) is 12.1. The van der Waals surface area contributed by atoms with Gasteiger partial charge in [-0.25, -0.2) is 0 Å². The number of hydrogen-bond donors (Lipinski definition) is 0. The first-order valence-corrected chi connectivity index (χ1v) is 12.9. The normalized spacial score (nSPS) is 13.4. The Hall–Kier alpha value is -2.09. The van der Waals surface area contributed by atoms with Gasteiger partial charge < -0.3 is 9.47 Å². The SMILES string of the molecule is Bc1c(B)c(B)c2c(c1B)Oc1c(B)c(C)c(B)c3c1B2c1c(B)c(C(C)(C)C)c(B)c(B)c1O3. The fraction of sp³-hybridized carbons (Fsp3) is 0.217. The highest BCUT2D eigenvalue weighted by Crippen LogP contribution is 2.31. The zero-order valence-corrected chi connectivity index (χ0v) is 23.9. The van der Waals surface area contributed by atoms with Gasteiger partial charge in [0.2, 0.25) is 0 Å². The van der Waals surface area contributed by atoms with Gasteiger partial charge in [-0.15, -0.1) is 5.46 Å². The molecular weight excluding hydrogens is 416 g/mol. The van der Waals surface area contributed by atoms with Crippen LogP contribution in [0.3, 0.4) is 0 Å². The van der Waals surface area contributed by atoms with E-state index in [9.17, 15) is 0 Å². The van der Waals surface area contributed by atoms with Crippen LogP contribution < -0.4 is 75.0 Å². The lowest BCUT2D eigenvalue weighted by Gasteiger charge is -2.41. The van der Waals surface area contributed by atoms with Gasteiger partial charge in [-0.2, -0.15) is 0 Å². The monoisotopic (exact) mass is 448 g/mol. The Morgan fingerprint density at radius 2 is 0.886 bits per heavy atom. The molecule has 0 saturated heterocycles. The van der Waals surface area contributed by atoms with E-state index in [0.29, 0.717) is 0 Å². The summed E-state index contributed by atoms with van der Waals surface area (Å²) >= 11 is 0. The van der Waals surface area contributed by atoms with Gasteiger partial charge in [0.25, 0.3) is 6.71 Å². The molecule has 2 aliphatic heterocycles. The van der Waals surface area contributed by atoms with Gasteiger partial charge in [-0.05, 0) is 34.2 Å². The molecule has 2 aliphatic rings. The van der Waals surface area contributed by atoms with Crippen molar-refractivity contribution in [1.82, 2.24) is 0 Å². The number of hydrogen-bond acceptors (Lipinski definition) is 2. The lowest BCUT2D eigenvalue weighted by atomic mass is 9.30. The third-order valence-electron chi connectivity index (χ3n) is 9.30. The Kier molecular flexibility index (Phi) is 5.41. The van der Waals surface area contributed by atoms with Gasteiger partial charge in [-0.1, -0.05) is 64.7 Å². The van der Waals surface area contributed by atoms with Crippen molar-refractivity contribution >= 4 is 143 Å². The molecule has 0 fully saturated rings. The van der Waals surface area contributed by atoms with E-state index >= 15 is 0 Å². The van der Waals surface area contributed by atoms with E-state index in [4.69, 9.17) is 9.47 Å². The van der Waals surface area contributed by atoms with Gasteiger partial charge in [0.15, 0.2) is 0 Å². The van der Waals surface area contributed by atoms with Gasteiger partial charge in [-0.3, -0.25) is 0 Å². The molecule has 164 valence electrons. The first kappa shape index (κ1) is 24.6. The first-order valence-electron chi connectivity index (χ1n) is 12.9. The predicted molar refractivity (Wildman–Crippen MR) is 181 cm³/mol. The molecule has 0 amide bonds. The molecule has 2 nitrogen and oxygen atoms in total. The van der Waals surface area contributed by atoms with Gasteiger partial charge in [0.1, 0.15) is 93.6 Å². The maximum Gasteiger partial charge on any atom is 0.259 e. The standard InChI is InChI=1S/C23H30B10O2/c1-5-7(24)19-18-20(8(5)25)35-22-15(32)12(29)11(28)13(30)17(22)33(18)16-10(27)6(23(2,3)4)9(26)14(31)21(16)34-19/h24-32H2,1-4H3. The molecular formula is C23H30B10O2. The van der Waals surface area contributed by atoms with Crippen molar-refractivity contribution in [3.05, 3.63) is 11.1 Å². The summed E-state index contributed by atoms with van der Waals surface area (Å²) in [4.78, 5) is 0. The van der Waals surface area contributed by atoms with E-state index in [1.54, 1.807) is 0 Å². The third-order valence-corrected chi connectivity index (χ3v) is 9.30. The van der Waals surface area contributed by atoms with Crippen molar-refractivity contribution in [2.75, 3.05) is 0 Å². The summed E-state index contributed by atoms with van der Waals surface area (Å²) in [5, 5.41) is 0. The molecule has 3 aromatic carbocycles. The van der Waals surface area contributed by atoms with Crippen LogP contribution in [0.1, 0.15) is 31.9 Å². The van der Waals surface area contributed by atoms with E-state index in [2.05, 4.69) is 98.3 Å². The van der Waals surface area contributed by atoms with Crippen LogP contribution in [0.5, 0.6) is 23.0 Å². The first-order chi connectivity index (χ1) is 16.2. The average Bonchev–Trinajstić information content (AvgIpc) is 2.79. The molecule has 0 saturated carbocycles. The van der Waals surface area contributed by atoms with Crippen molar-refractivity contribution in [2.24, 2.45) is 0 Å². The summed E-state index contributed by atoms with van der Waals surface area (Å²) in [5.74, 6) is 4.08. The molecule has 0 bridgehead atoms. The minimum atomic E-state index is 0.0400. The molecule has 0 unspecified atom stereocenters. The zero-order valence-electron chi connectivity index (χ0n) is 23.9. The summed E-state index contributed by atoms with van der Waals surface area (Å²) in [6, 6.07) is 0. The molecule has 3 aromatic rings. The second-order valence-corrected chi connectivity index (χ2v) is 12.1. The summed E-state index contributed by atoms with van der Waals surface area (Å²) < 4.78 is 13.8. The van der Waals surface area contributed by atoms with Crippen LogP contribution in [-0.4, -0.2) is 77.3 Å². The molecule has 0 aliphatic carbocycles. The van der Waals surface area contributed by atoms with E-state index < -0.39 is 0 Å². The second kappa shape index (κ2) is 7.70. The van der Waals surface area contributed by atoms with Gasteiger partial charge in [0, 0.05) is 5.46 Å². The topological polar surface area (TPSA) is 18.5 Å². The van der Waals surface area contributed by atoms with E-state index in [1.165, 1.54) is 76.7 Å². The summed E-state index contributed by atoms with van der Waals surface area (Å²) in [7, 11) is 20.2. The molecule has 35 heavy (non-hydrogen) atoms. The van der Waals surface area contributed by atoms with Gasteiger partial charge in [0.05, 0.1) is 0 Å². The molecule has 12 heteroatoms.